The van der Waals surface area contributed by atoms with E-state index in [9.17, 15) is 4.79 Å². The number of carbonyl (C=O) groups excluding carboxylic acids is 1. The molecule has 0 radical (unpaired) electrons. The number of nitrogens with zero attached hydrogens (tertiary/aromatic N) is 2. The van der Waals surface area contributed by atoms with Gasteiger partial charge in [-0.15, -0.1) is 24.8 Å². The van der Waals surface area contributed by atoms with Crippen molar-refractivity contribution in [2.45, 2.75) is 63.5 Å². The average molecular weight is 352 g/mol. The zero-order chi connectivity index (χ0) is 13.8. The van der Waals surface area contributed by atoms with Gasteiger partial charge in [-0.3, -0.25) is 4.79 Å². The fraction of sp³-hybridized carbons (Fsp3) is 0.938. The molecule has 0 aliphatic carbocycles. The molecule has 0 unspecified atom stereocenters. The minimum Gasteiger partial charge on any atom is -0.341 e. The maximum atomic E-state index is 12.5. The van der Waals surface area contributed by atoms with E-state index in [0.717, 1.165) is 32.1 Å². The summed E-state index contributed by atoms with van der Waals surface area (Å²) in [5.74, 6) is 0.363. The average Bonchev–Trinajstić information content (AvgIpc) is 2.56. The number of nitrogens with one attached hydrogen (secondary N) is 1. The lowest BCUT2D eigenvalue weighted by atomic mass is 9.98. The predicted octanol–water partition coefficient (Wildman–Crippen LogP) is 2.45. The first-order valence-corrected chi connectivity index (χ1v) is 8.61. The Morgan fingerprint density at radius 2 is 1.50 bits per heavy atom. The molecule has 6 heteroatoms. The van der Waals surface area contributed by atoms with Gasteiger partial charge in [-0.2, -0.15) is 0 Å². The number of likely N-dealkylation sites (tertiary alicyclic amines) is 2. The van der Waals surface area contributed by atoms with E-state index >= 15 is 0 Å². The van der Waals surface area contributed by atoms with E-state index in [4.69, 9.17) is 0 Å². The lowest BCUT2D eigenvalue weighted by Gasteiger charge is -2.41. The van der Waals surface area contributed by atoms with Crippen LogP contribution in [0.15, 0.2) is 0 Å². The normalized spacial score (nSPS) is 27.6. The van der Waals surface area contributed by atoms with Gasteiger partial charge in [0.05, 0.1) is 6.04 Å². The summed E-state index contributed by atoms with van der Waals surface area (Å²) >= 11 is 0. The maximum Gasteiger partial charge on any atom is 0.239 e. The van der Waals surface area contributed by atoms with E-state index in [2.05, 4.69) is 15.1 Å². The molecule has 1 N–H and O–H groups in total. The van der Waals surface area contributed by atoms with Crippen LogP contribution in [-0.2, 0) is 4.79 Å². The molecular weight excluding hydrogens is 321 g/mol. The molecule has 130 valence electrons. The van der Waals surface area contributed by atoms with Crippen LogP contribution in [0.5, 0.6) is 0 Å². The van der Waals surface area contributed by atoms with Gasteiger partial charge < -0.3 is 15.1 Å². The Balaban J connectivity index is 0.00000121. The third-order valence-electron chi connectivity index (χ3n) is 5.29. The number of hydrogen-bond acceptors (Lipinski definition) is 3. The summed E-state index contributed by atoms with van der Waals surface area (Å²) in [5.41, 5.74) is 0. The molecular formula is C16H31Cl2N3O. The number of halogens is 2. The number of amides is 1. The van der Waals surface area contributed by atoms with Crippen LogP contribution in [-0.4, -0.2) is 60.5 Å². The smallest absolute Gasteiger partial charge is 0.239 e. The summed E-state index contributed by atoms with van der Waals surface area (Å²) in [6, 6.07) is 0.842. The molecule has 0 saturated carbocycles. The van der Waals surface area contributed by atoms with Crippen molar-refractivity contribution in [3.05, 3.63) is 0 Å². The van der Waals surface area contributed by atoms with Crippen LogP contribution >= 0.6 is 24.8 Å². The van der Waals surface area contributed by atoms with Gasteiger partial charge >= 0.3 is 0 Å². The molecule has 3 fully saturated rings. The van der Waals surface area contributed by atoms with Crippen molar-refractivity contribution in [1.82, 2.24) is 15.1 Å². The van der Waals surface area contributed by atoms with Crippen molar-refractivity contribution in [3.63, 3.8) is 0 Å². The Kier molecular flexibility index (Phi) is 9.07. The highest BCUT2D eigenvalue weighted by Gasteiger charge is 2.31. The predicted molar refractivity (Wildman–Crippen MR) is 95.2 cm³/mol. The first-order valence-electron chi connectivity index (χ1n) is 8.61. The summed E-state index contributed by atoms with van der Waals surface area (Å²) < 4.78 is 0. The fourth-order valence-electron chi connectivity index (χ4n) is 4.02. The largest absolute Gasteiger partial charge is 0.341 e. The minimum atomic E-state index is 0. The molecule has 1 atom stereocenters. The van der Waals surface area contributed by atoms with Crippen LogP contribution in [0, 0.1) is 0 Å². The van der Waals surface area contributed by atoms with Crippen LogP contribution in [0.3, 0.4) is 0 Å². The lowest BCUT2D eigenvalue weighted by Crippen LogP contribution is -2.53. The number of carbonyl (C=O) groups is 1. The van der Waals surface area contributed by atoms with Crippen LogP contribution in [0.4, 0.5) is 0 Å². The molecule has 0 aromatic heterocycles. The van der Waals surface area contributed by atoms with Gasteiger partial charge in [0.2, 0.25) is 5.91 Å². The van der Waals surface area contributed by atoms with Crippen molar-refractivity contribution in [3.8, 4) is 0 Å². The lowest BCUT2D eigenvalue weighted by molar-refractivity contribution is -0.135. The number of rotatable bonds is 2. The summed E-state index contributed by atoms with van der Waals surface area (Å²) in [5, 5.41) is 3.39. The molecule has 3 aliphatic rings. The first-order chi connectivity index (χ1) is 9.84. The Morgan fingerprint density at radius 3 is 2.09 bits per heavy atom. The van der Waals surface area contributed by atoms with Crippen LogP contribution in [0.2, 0.25) is 0 Å². The summed E-state index contributed by atoms with van der Waals surface area (Å²) in [6.07, 6.45) is 9.95. The molecule has 4 nitrogen and oxygen atoms in total. The second-order valence-electron chi connectivity index (χ2n) is 6.66. The summed E-state index contributed by atoms with van der Waals surface area (Å²) in [7, 11) is 0. The highest BCUT2D eigenvalue weighted by atomic mass is 35.5. The van der Waals surface area contributed by atoms with Crippen molar-refractivity contribution < 1.29 is 4.79 Å². The monoisotopic (exact) mass is 351 g/mol. The van der Waals surface area contributed by atoms with Crippen molar-refractivity contribution in [2.24, 2.45) is 0 Å². The molecule has 3 heterocycles. The Labute approximate surface area is 147 Å². The number of piperidine rings is 3. The molecule has 1 amide bonds. The second kappa shape index (κ2) is 9.96. The van der Waals surface area contributed by atoms with E-state index in [1.54, 1.807) is 0 Å². The van der Waals surface area contributed by atoms with E-state index in [0.29, 0.717) is 5.91 Å². The molecule has 0 bridgehead atoms. The highest BCUT2D eigenvalue weighted by molar-refractivity contribution is 5.85. The molecule has 0 aromatic carbocycles. The van der Waals surface area contributed by atoms with Gasteiger partial charge in [0.1, 0.15) is 0 Å². The Morgan fingerprint density at radius 1 is 0.818 bits per heavy atom. The molecule has 0 spiro atoms. The van der Waals surface area contributed by atoms with E-state index in [1.165, 1.54) is 58.0 Å². The van der Waals surface area contributed by atoms with Crippen molar-refractivity contribution in [1.29, 1.82) is 0 Å². The topological polar surface area (TPSA) is 35.6 Å². The summed E-state index contributed by atoms with van der Waals surface area (Å²) in [6.45, 7) is 5.52. The van der Waals surface area contributed by atoms with Crippen molar-refractivity contribution in [2.75, 3.05) is 32.7 Å². The van der Waals surface area contributed by atoms with Crippen LogP contribution in [0.25, 0.3) is 0 Å². The van der Waals surface area contributed by atoms with Gasteiger partial charge in [0.15, 0.2) is 0 Å². The minimum absolute atomic E-state index is 0. The van der Waals surface area contributed by atoms with Gasteiger partial charge in [-0.1, -0.05) is 12.8 Å². The van der Waals surface area contributed by atoms with Crippen LogP contribution < -0.4 is 5.32 Å². The van der Waals surface area contributed by atoms with E-state index < -0.39 is 0 Å². The van der Waals surface area contributed by atoms with Gasteiger partial charge in [0.25, 0.3) is 0 Å². The standard InChI is InChI=1S/C16H29N3O.2ClH/c20-16(15-6-2-3-9-17-15)19-12-7-14(8-13-19)18-10-4-1-5-11-18;;/h14-15,17H,1-13H2;2*1H/t15-;;/m0../s1. The van der Waals surface area contributed by atoms with Gasteiger partial charge in [-0.05, 0) is 58.2 Å². The van der Waals surface area contributed by atoms with E-state index in [1.807, 2.05) is 0 Å². The highest BCUT2D eigenvalue weighted by Crippen LogP contribution is 2.22. The van der Waals surface area contributed by atoms with E-state index in [-0.39, 0.29) is 30.9 Å². The molecule has 3 saturated heterocycles. The molecule has 22 heavy (non-hydrogen) atoms. The van der Waals surface area contributed by atoms with Crippen molar-refractivity contribution >= 4 is 30.7 Å². The van der Waals surface area contributed by atoms with Gasteiger partial charge in [-0.25, -0.2) is 0 Å². The SMILES string of the molecule is Cl.Cl.O=C([C@@H]1CCCCN1)N1CCC(N2CCCCC2)CC1. The zero-order valence-electron chi connectivity index (χ0n) is 13.5. The molecule has 3 rings (SSSR count). The maximum absolute atomic E-state index is 12.5. The third-order valence-corrected chi connectivity index (χ3v) is 5.29. The summed E-state index contributed by atoms with van der Waals surface area (Å²) in [4.78, 5) is 17.3. The zero-order valence-corrected chi connectivity index (χ0v) is 15.1. The quantitative estimate of drug-likeness (QED) is 0.829. The van der Waals surface area contributed by atoms with Gasteiger partial charge in [0, 0.05) is 19.1 Å². The Bertz CT molecular complexity index is 323. The molecule has 0 aromatic rings. The molecule has 3 aliphatic heterocycles. The third kappa shape index (κ3) is 4.98. The Hall–Kier alpha value is -0.0300. The fourth-order valence-corrected chi connectivity index (χ4v) is 4.02. The second-order valence-corrected chi connectivity index (χ2v) is 6.66. The van der Waals surface area contributed by atoms with Crippen LogP contribution in [0.1, 0.15) is 51.4 Å². The number of hydrogen-bond donors (Lipinski definition) is 1. The first kappa shape index (κ1) is 20.0.